The SMILES string of the molecule is CC(C)(C)c1ccc(C2CCN(CO)CC2)cc1. The molecule has 1 fully saturated rings. The third-order valence-corrected chi connectivity index (χ3v) is 4.04. The number of piperidine rings is 1. The maximum Gasteiger partial charge on any atom is 0.0956 e. The second kappa shape index (κ2) is 5.41. The average Bonchev–Trinajstić information content (AvgIpc) is 2.38. The van der Waals surface area contributed by atoms with Crippen molar-refractivity contribution in [3.05, 3.63) is 35.4 Å². The number of aliphatic hydroxyl groups excluding tert-OH is 1. The molecule has 1 aliphatic rings. The van der Waals surface area contributed by atoms with Crippen molar-refractivity contribution in [1.82, 2.24) is 4.90 Å². The summed E-state index contributed by atoms with van der Waals surface area (Å²) in [6.07, 6.45) is 2.32. The maximum atomic E-state index is 9.10. The van der Waals surface area contributed by atoms with Gasteiger partial charge in [0.05, 0.1) is 6.73 Å². The highest BCUT2D eigenvalue weighted by Crippen LogP contribution is 2.30. The minimum atomic E-state index is 0.204. The minimum absolute atomic E-state index is 0.204. The van der Waals surface area contributed by atoms with Gasteiger partial charge in [-0.3, -0.25) is 4.90 Å². The molecule has 2 nitrogen and oxygen atoms in total. The van der Waals surface area contributed by atoms with Crippen molar-refractivity contribution in [1.29, 1.82) is 0 Å². The standard InChI is InChI=1S/C16H25NO/c1-16(2,3)15-6-4-13(5-7-15)14-8-10-17(12-18)11-9-14/h4-7,14,18H,8-12H2,1-3H3. The Kier molecular flexibility index (Phi) is 4.08. The van der Waals surface area contributed by atoms with E-state index in [4.69, 9.17) is 5.11 Å². The van der Waals surface area contributed by atoms with Gasteiger partial charge >= 0.3 is 0 Å². The Morgan fingerprint density at radius 2 is 1.67 bits per heavy atom. The number of likely N-dealkylation sites (tertiary alicyclic amines) is 1. The van der Waals surface area contributed by atoms with Gasteiger partial charge in [0.1, 0.15) is 0 Å². The van der Waals surface area contributed by atoms with E-state index >= 15 is 0 Å². The summed E-state index contributed by atoms with van der Waals surface area (Å²) in [5.74, 6) is 0.668. The van der Waals surface area contributed by atoms with Gasteiger partial charge in [-0.1, -0.05) is 45.0 Å². The monoisotopic (exact) mass is 247 g/mol. The van der Waals surface area contributed by atoms with E-state index < -0.39 is 0 Å². The Labute approximate surface area is 111 Å². The van der Waals surface area contributed by atoms with E-state index in [1.165, 1.54) is 11.1 Å². The van der Waals surface area contributed by atoms with Crippen molar-refractivity contribution in [2.45, 2.75) is 44.9 Å². The molecule has 1 aliphatic heterocycles. The number of nitrogens with zero attached hydrogens (tertiary/aromatic N) is 1. The lowest BCUT2D eigenvalue weighted by Gasteiger charge is -2.31. The van der Waals surface area contributed by atoms with Crippen molar-refractivity contribution in [3.8, 4) is 0 Å². The van der Waals surface area contributed by atoms with Crippen LogP contribution in [-0.2, 0) is 5.41 Å². The first-order valence-corrected chi connectivity index (χ1v) is 6.94. The zero-order valence-electron chi connectivity index (χ0n) is 11.8. The lowest BCUT2D eigenvalue weighted by Crippen LogP contribution is -2.33. The zero-order valence-corrected chi connectivity index (χ0v) is 11.8. The molecule has 0 radical (unpaired) electrons. The molecule has 0 spiro atoms. The topological polar surface area (TPSA) is 23.5 Å². The smallest absolute Gasteiger partial charge is 0.0956 e. The van der Waals surface area contributed by atoms with Crippen LogP contribution in [0.25, 0.3) is 0 Å². The summed E-state index contributed by atoms with van der Waals surface area (Å²) in [6, 6.07) is 9.13. The predicted octanol–water partition coefficient (Wildman–Crippen LogP) is 3.11. The third kappa shape index (κ3) is 3.12. The number of rotatable bonds is 2. The molecule has 100 valence electrons. The van der Waals surface area contributed by atoms with Gasteiger partial charge in [0.2, 0.25) is 0 Å². The van der Waals surface area contributed by atoms with Crippen LogP contribution in [-0.4, -0.2) is 29.8 Å². The first-order chi connectivity index (χ1) is 8.50. The van der Waals surface area contributed by atoms with Crippen molar-refractivity contribution >= 4 is 0 Å². The molecule has 1 heterocycles. The summed E-state index contributed by atoms with van der Waals surface area (Å²) in [4.78, 5) is 2.11. The Morgan fingerprint density at radius 3 is 2.11 bits per heavy atom. The van der Waals surface area contributed by atoms with Gasteiger partial charge in [0.15, 0.2) is 0 Å². The van der Waals surface area contributed by atoms with E-state index in [2.05, 4.69) is 49.9 Å². The Bertz CT molecular complexity index is 369. The summed E-state index contributed by atoms with van der Waals surface area (Å²) in [6.45, 7) is 8.99. The van der Waals surface area contributed by atoms with E-state index in [-0.39, 0.29) is 12.1 Å². The van der Waals surface area contributed by atoms with Crippen molar-refractivity contribution in [3.63, 3.8) is 0 Å². The van der Waals surface area contributed by atoms with Crippen LogP contribution in [0.4, 0.5) is 0 Å². The van der Waals surface area contributed by atoms with Gasteiger partial charge in [-0.15, -0.1) is 0 Å². The third-order valence-electron chi connectivity index (χ3n) is 4.04. The maximum absolute atomic E-state index is 9.10. The van der Waals surface area contributed by atoms with Crippen LogP contribution in [0.1, 0.15) is 50.7 Å². The first-order valence-electron chi connectivity index (χ1n) is 6.94. The van der Waals surface area contributed by atoms with Gasteiger partial charge in [-0.2, -0.15) is 0 Å². The average molecular weight is 247 g/mol. The lowest BCUT2D eigenvalue weighted by atomic mass is 9.84. The Morgan fingerprint density at radius 1 is 1.11 bits per heavy atom. The second-order valence-corrected chi connectivity index (χ2v) is 6.41. The summed E-state index contributed by atoms with van der Waals surface area (Å²) in [5, 5.41) is 9.10. The fourth-order valence-electron chi connectivity index (χ4n) is 2.66. The van der Waals surface area contributed by atoms with Gasteiger partial charge < -0.3 is 5.11 Å². The molecular weight excluding hydrogens is 222 g/mol. The second-order valence-electron chi connectivity index (χ2n) is 6.41. The first kappa shape index (κ1) is 13.6. The largest absolute Gasteiger partial charge is 0.381 e. The number of hydrogen-bond acceptors (Lipinski definition) is 2. The molecule has 0 unspecified atom stereocenters. The van der Waals surface area contributed by atoms with Crippen LogP contribution in [0.3, 0.4) is 0 Å². The molecule has 0 atom stereocenters. The van der Waals surface area contributed by atoms with Crippen LogP contribution in [0.5, 0.6) is 0 Å². The predicted molar refractivity (Wildman–Crippen MR) is 75.8 cm³/mol. The van der Waals surface area contributed by atoms with Crippen LogP contribution in [0.2, 0.25) is 0 Å². The minimum Gasteiger partial charge on any atom is -0.381 e. The normalized spacial score (nSPS) is 19.1. The van der Waals surface area contributed by atoms with Crippen molar-refractivity contribution < 1.29 is 5.11 Å². The molecule has 0 saturated carbocycles. The number of aliphatic hydroxyl groups is 1. The van der Waals surface area contributed by atoms with Crippen molar-refractivity contribution in [2.75, 3.05) is 19.8 Å². The highest BCUT2D eigenvalue weighted by Gasteiger charge is 2.20. The molecule has 0 amide bonds. The van der Waals surface area contributed by atoms with E-state index in [1.807, 2.05) is 0 Å². The molecule has 0 aromatic heterocycles. The number of benzene rings is 1. The van der Waals surface area contributed by atoms with Crippen LogP contribution >= 0.6 is 0 Å². The quantitative estimate of drug-likeness (QED) is 0.868. The lowest BCUT2D eigenvalue weighted by molar-refractivity contribution is 0.0837. The van der Waals surface area contributed by atoms with E-state index in [0.717, 1.165) is 25.9 Å². The Hall–Kier alpha value is -0.860. The highest BCUT2D eigenvalue weighted by molar-refractivity contribution is 5.29. The van der Waals surface area contributed by atoms with E-state index in [9.17, 15) is 0 Å². The molecule has 1 N–H and O–H groups in total. The molecule has 2 heteroatoms. The van der Waals surface area contributed by atoms with E-state index in [0.29, 0.717) is 5.92 Å². The summed E-state index contributed by atoms with van der Waals surface area (Å²) in [7, 11) is 0. The van der Waals surface area contributed by atoms with Gasteiger partial charge in [0, 0.05) is 13.1 Å². The molecule has 18 heavy (non-hydrogen) atoms. The zero-order chi connectivity index (χ0) is 13.2. The van der Waals surface area contributed by atoms with Crippen LogP contribution in [0, 0.1) is 0 Å². The number of hydrogen-bond donors (Lipinski definition) is 1. The van der Waals surface area contributed by atoms with Crippen LogP contribution in [0.15, 0.2) is 24.3 Å². The molecule has 0 aliphatic carbocycles. The summed E-state index contributed by atoms with van der Waals surface area (Å²) >= 11 is 0. The van der Waals surface area contributed by atoms with Crippen LogP contribution < -0.4 is 0 Å². The molecule has 0 bridgehead atoms. The highest BCUT2D eigenvalue weighted by atomic mass is 16.3. The molecule has 2 rings (SSSR count). The van der Waals surface area contributed by atoms with Crippen molar-refractivity contribution in [2.24, 2.45) is 0 Å². The van der Waals surface area contributed by atoms with Gasteiger partial charge in [-0.05, 0) is 35.3 Å². The summed E-state index contributed by atoms with van der Waals surface area (Å²) in [5.41, 5.74) is 3.10. The molecule has 1 aromatic rings. The van der Waals surface area contributed by atoms with E-state index in [1.54, 1.807) is 0 Å². The molecular formula is C16H25NO. The fourth-order valence-corrected chi connectivity index (χ4v) is 2.66. The summed E-state index contributed by atoms with van der Waals surface area (Å²) < 4.78 is 0. The fraction of sp³-hybridized carbons (Fsp3) is 0.625. The molecule has 1 aromatic carbocycles. The molecule has 1 saturated heterocycles. The Balaban J connectivity index is 2.02. The van der Waals surface area contributed by atoms with Gasteiger partial charge in [-0.25, -0.2) is 0 Å². The van der Waals surface area contributed by atoms with Gasteiger partial charge in [0.25, 0.3) is 0 Å².